The van der Waals surface area contributed by atoms with Crippen LogP contribution in [0.5, 0.6) is 5.75 Å². The molecule has 0 saturated heterocycles. The summed E-state index contributed by atoms with van der Waals surface area (Å²) in [5, 5.41) is 13.7. The Morgan fingerprint density at radius 1 is 1.11 bits per heavy atom. The molecule has 1 fully saturated rings. The molecule has 1 N–H and O–H groups in total. The van der Waals surface area contributed by atoms with E-state index in [-0.39, 0.29) is 6.42 Å². The van der Waals surface area contributed by atoms with Gasteiger partial charge in [-0.2, -0.15) is 5.26 Å². The van der Waals surface area contributed by atoms with E-state index in [0.717, 1.165) is 53.6 Å². The van der Waals surface area contributed by atoms with Gasteiger partial charge in [0.2, 0.25) is 5.78 Å². The van der Waals surface area contributed by atoms with Gasteiger partial charge in [0, 0.05) is 49.2 Å². The highest BCUT2D eigenvalue weighted by atomic mass is 16.5. The Kier molecular flexibility index (Phi) is 8.40. The molecule has 36 heavy (non-hydrogen) atoms. The number of ketones is 1. The number of hydrogen-bond acceptors (Lipinski definition) is 5. The van der Waals surface area contributed by atoms with E-state index in [1.807, 2.05) is 44.2 Å². The van der Waals surface area contributed by atoms with Crippen molar-refractivity contribution in [2.45, 2.75) is 58.4 Å². The van der Waals surface area contributed by atoms with Gasteiger partial charge in [-0.3, -0.25) is 9.59 Å². The summed E-state index contributed by atoms with van der Waals surface area (Å²) in [6.07, 6.45) is 4.97. The van der Waals surface area contributed by atoms with Gasteiger partial charge in [-0.1, -0.05) is 19.1 Å². The number of nitriles is 1. The highest BCUT2D eigenvalue weighted by Gasteiger charge is 2.28. The lowest BCUT2D eigenvalue weighted by molar-refractivity contribution is -0.134. The Hall–Kier alpha value is -3.63. The lowest BCUT2D eigenvalue weighted by Crippen LogP contribution is -2.22. The summed E-state index contributed by atoms with van der Waals surface area (Å²) < 4.78 is 13.7. The number of carbonyl (C=O) groups is 2. The summed E-state index contributed by atoms with van der Waals surface area (Å²) in [5.74, 6) is -0.239. The van der Waals surface area contributed by atoms with Gasteiger partial charge in [0.25, 0.3) is 5.91 Å². The fourth-order valence-corrected chi connectivity index (χ4v) is 4.55. The first-order valence-electron chi connectivity index (χ1n) is 12.8. The molecule has 0 spiro atoms. The van der Waals surface area contributed by atoms with Crippen LogP contribution in [0.4, 0.5) is 5.69 Å². The minimum absolute atomic E-state index is 0.231. The molecule has 1 heterocycles. The molecule has 2 aromatic carbocycles. The summed E-state index contributed by atoms with van der Waals surface area (Å²) in [6, 6.07) is 16.0. The van der Waals surface area contributed by atoms with E-state index in [0.29, 0.717) is 43.5 Å². The van der Waals surface area contributed by atoms with Crippen molar-refractivity contribution in [1.29, 1.82) is 5.26 Å². The first kappa shape index (κ1) is 25.5. The van der Waals surface area contributed by atoms with Crippen LogP contribution in [0.15, 0.2) is 42.5 Å². The number of amides is 1. The van der Waals surface area contributed by atoms with E-state index in [9.17, 15) is 14.9 Å². The third kappa shape index (κ3) is 5.44. The van der Waals surface area contributed by atoms with Crippen molar-refractivity contribution < 1.29 is 19.1 Å². The molecule has 1 aromatic heterocycles. The lowest BCUT2D eigenvalue weighted by Gasteiger charge is -2.30. The number of rotatable bonds is 12. The second-order valence-electron chi connectivity index (χ2n) is 9.07. The second kappa shape index (κ2) is 11.9. The zero-order valence-corrected chi connectivity index (χ0v) is 21.0. The fraction of sp³-hybridized carbons (Fsp3) is 0.414. The molecule has 1 aliphatic carbocycles. The minimum atomic E-state index is -0.598. The number of nitrogens with zero attached hydrogens (tertiary/aromatic N) is 2. The van der Waals surface area contributed by atoms with Gasteiger partial charge in [-0.25, -0.2) is 0 Å². The van der Waals surface area contributed by atoms with Crippen molar-refractivity contribution in [2.75, 3.05) is 25.1 Å². The van der Waals surface area contributed by atoms with Crippen molar-refractivity contribution in [2.24, 2.45) is 0 Å². The quantitative estimate of drug-likeness (QED) is 0.249. The van der Waals surface area contributed by atoms with Crippen molar-refractivity contribution in [1.82, 2.24) is 4.57 Å². The van der Waals surface area contributed by atoms with E-state index in [4.69, 9.17) is 9.47 Å². The molecule has 188 valence electrons. The van der Waals surface area contributed by atoms with Crippen LogP contribution in [-0.4, -0.2) is 36.1 Å². The van der Waals surface area contributed by atoms with Crippen LogP contribution in [0.3, 0.4) is 0 Å². The largest absolute Gasteiger partial charge is 0.493 e. The Bertz CT molecular complexity index is 1270. The highest BCUT2D eigenvalue weighted by molar-refractivity contribution is 6.40. The maximum absolute atomic E-state index is 12.1. The Labute approximate surface area is 212 Å². The molecule has 7 heteroatoms. The van der Waals surface area contributed by atoms with Crippen LogP contribution in [0.1, 0.15) is 64.0 Å². The number of fused-ring (bicyclic) bond motifs is 1. The third-order valence-corrected chi connectivity index (χ3v) is 6.58. The molecule has 1 amide bonds. The number of carbonyl (C=O) groups excluding carboxylic acids is 2. The Morgan fingerprint density at radius 3 is 2.53 bits per heavy atom. The lowest BCUT2D eigenvalue weighted by atomic mass is 9.92. The van der Waals surface area contributed by atoms with Gasteiger partial charge in [0.1, 0.15) is 11.8 Å². The van der Waals surface area contributed by atoms with E-state index in [1.54, 1.807) is 12.1 Å². The topological polar surface area (TPSA) is 93.4 Å². The highest BCUT2D eigenvalue weighted by Crippen LogP contribution is 2.43. The number of ether oxygens (including phenoxy) is 2. The summed E-state index contributed by atoms with van der Waals surface area (Å²) in [6.45, 7) is 5.78. The number of Topliss-reactive ketones (excluding diaryl/α,β-unsaturated/α-hetero) is 1. The standard InChI is InChI=1S/C29H33N3O4/c1-3-7-27(33)29(34)31-21-12-10-20(11-13-21)28-25(19-30)24-15-14-23(36-17-6-16-35-4-2)18-26(24)32(28)22-8-5-9-22/h10-15,18,22H,3-9,16-17H2,1-2H3,(H,31,34). The van der Waals surface area contributed by atoms with E-state index in [2.05, 4.69) is 16.0 Å². The number of anilines is 1. The van der Waals surface area contributed by atoms with E-state index < -0.39 is 11.7 Å². The first-order valence-corrected chi connectivity index (χ1v) is 12.8. The first-order chi connectivity index (χ1) is 17.6. The zero-order chi connectivity index (χ0) is 25.5. The van der Waals surface area contributed by atoms with E-state index in [1.165, 1.54) is 0 Å². The van der Waals surface area contributed by atoms with Crippen LogP contribution >= 0.6 is 0 Å². The van der Waals surface area contributed by atoms with Gasteiger partial charge < -0.3 is 19.4 Å². The molecule has 1 saturated carbocycles. The number of hydrogen-bond donors (Lipinski definition) is 1. The molecule has 7 nitrogen and oxygen atoms in total. The molecule has 3 aromatic rings. The van der Waals surface area contributed by atoms with Crippen molar-refractivity contribution in [3.05, 3.63) is 48.0 Å². The predicted octanol–water partition coefficient (Wildman–Crippen LogP) is 6.02. The number of aromatic nitrogens is 1. The molecule has 0 unspecified atom stereocenters. The smallest absolute Gasteiger partial charge is 0.291 e. The van der Waals surface area contributed by atoms with Crippen LogP contribution in [0, 0.1) is 11.3 Å². The van der Waals surface area contributed by atoms with Gasteiger partial charge >= 0.3 is 0 Å². The number of benzene rings is 2. The van der Waals surface area contributed by atoms with Crippen LogP contribution in [-0.2, 0) is 14.3 Å². The van der Waals surface area contributed by atoms with E-state index >= 15 is 0 Å². The fourth-order valence-electron chi connectivity index (χ4n) is 4.55. The van der Waals surface area contributed by atoms with Crippen LogP contribution in [0.25, 0.3) is 22.2 Å². The maximum Gasteiger partial charge on any atom is 0.291 e. The van der Waals surface area contributed by atoms with Crippen LogP contribution < -0.4 is 10.1 Å². The molecule has 1 aliphatic rings. The summed E-state index contributed by atoms with van der Waals surface area (Å²) in [7, 11) is 0. The summed E-state index contributed by atoms with van der Waals surface area (Å²) in [4.78, 5) is 23.9. The average Bonchev–Trinajstić information content (AvgIpc) is 3.16. The molecule has 0 aliphatic heterocycles. The summed E-state index contributed by atoms with van der Waals surface area (Å²) in [5.41, 5.74) is 3.96. The second-order valence-corrected chi connectivity index (χ2v) is 9.07. The molecular formula is C29H33N3O4. The normalized spacial score (nSPS) is 13.2. The predicted molar refractivity (Wildman–Crippen MR) is 140 cm³/mol. The average molecular weight is 488 g/mol. The molecule has 4 rings (SSSR count). The molecule has 0 radical (unpaired) electrons. The van der Waals surface area contributed by atoms with Crippen molar-refractivity contribution >= 4 is 28.3 Å². The van der Waals surface area contributed by atoms with Crippen molar-refractivity contribution in [3.63, 3.8) is 0 Å². The SMILES string of the molecule is CCCC(=O)C(=O)Nc1ccc(-c2c(C#N)c3ccc(OCCCOCC)cc3n2C2CCC2)cc1. The Morgan fingerprint density at radius 2 is 1.89 bits per heavy atom. The monoisotopic (exact) mass is 487 g/mol. The zero-order valence-electron chi connectivity index (χ0n) is 21.0. The maximum atomic E-state index is 12.1. The van der Waals surface area contributed by atoms with Gasteiger partial charge in [-0.05, 0) is 62.4 Å². The summed E-state index contributed by atoms with van der Waals surface area (Å²) >= 11 is 0. The molecule has 0 atom stereocenters. The number of nitrogens with one attached hydrogen (secondary N) is 1. The van der Waals surface area contributed by atoms with Gasteiger partial charge in [0.15, 0.2) is 0 Å². The minimum Gasteiger partial charge on any atom is -0.493 e. The third-order valence-electron chi connectivity index (χ3n) is 6.58. The van der Waals surface area contributed by atoms with Crippen LogP contribution in [0.2, 0.25) is 0 Å². The molecular weight excluding hydrogens is 454 g/mol. The Balaban J connectivity index is 1.65. The van der Waals surface area contributed by atoms with Gasteiger partial charge in [-0.15, -0.1) is 0 Å². The molecule has 0 bridgehead atoms. The van der Waals surface area contributed by atoms with Crippen molar-refractivity contribution in [3.8, 4) is 23.1 Å². The van der Waals surface area contributed by atoms with Gasteiger partial charge in [0.05, 0.1) is 23.4 Å².